The first kappa shape index (κ1) is 32.9. The molecular formula is C52H35N3O2. The average Bonchev–Trinajstić information content (AvgIpc) is 3.83. The molecule has 57 heavy (non-hydrogen) atoms. The van der Waals surface area contributed by atoms with Crippen molar-refractivity contribution >= 4 is 87.9 Å². The van der Waals surface area contributed by atoms with Gasteiger partial charge in [-0.3, -0.25) is 9.98 Å². The summed E-state index contributed by atoms with van der Waals surface area (Å²) in [6.07, 6.45) is 0. The fraction of sp³-hybridized carbons (Fsp3) is 0.0385. The fourth-order valence-corrected chi connectivity index (χ4v) is 8.35. The van der Waals surface area contributed by atoms with Crippen molar-refractivity contribution in [1.82, 2.24) is 5.32 Å². The van der Waals surface area contributed by atoms with E-state index in [1.165, 1.54) is 26.9 Å². The minimum absolute atomic E-state index is 0.438. The van der Waals surface area contributed by atoms with Gasteiger partial charge < -0.3 is 14.2 Å². The van der Waals surface area contributed by atoms with E-state index in [0.29, 0.717) is 6.54 Å². The molecule has 0 radical (unpaired) electrons. The van der Waals surface area contributed by atoms with Gasteiger partial charge in [-0.15, -0.1) is 0 Å². The summed E-state index contributed by atoms with van der Waals surface area (Å²) in [5.41, 5.74) is 8.67. The molecule has 0 aliphatic heterocycles. The number of nitrogens with one attached hydrogen (secondary N) is 1. The SMILES string of the molecule is CN=C(NC(=NCc1cccc2oc3ccc(-c4ccc5c(c4)oc4cc6ccccc6cc45)cc3c12)c1ccccc1)c1ccc2c(ccc3ccccc32)c1. The zero-order chi connectivity index (χ0) is 37.9. The summed E-state index contributed by atoms with van der Waals surface area (Å²) < 4.78 is 12.8. The number of benzene rings is 9. The van der Waals surface area contributed by atoms with E-state index in [1.807, 2.05) is 37.4 Å². The van der Waals surface area contributed by atoms with Gasteiger partial charge in [0.2, 0.25) is 0 Å². The van der Waals surface area contributed by atoms with Crippen LogP contribution in [-0.4, -0.2) is 18.7 Å². The zero-order valence-electron chi connectivity index (χ0n) is 31.2. The number of furan rings is 2. The summed E-state index contributed by atoms with van der Waals surface area (Å²) in [5, 5.41) is 15.2. The van der Waals surface area contributed by atoms with Crippen molar-refractivity contribution in [2.24, 2.45) is 9.98 Å². The van der Waals surface area contributed by atoms with E-state index in [9.17, 15) is 0 Å². The Kier molecular flexibility index (Phi) is 7.71. The minimum atomic E-state index is 0.438. The molecule has 1 N–H and O–H groups in total. The Hall–Kier alpha value is -7.50. The number of hydrogen-bond acceptors (Lipinski definition) is 4. The predicted molar refractivity (Wildman–Crippen MR) is 238 cm³/mol. The lowest BCUT2D eigenvalue weighted by Crippen LogP contribution is -2.32. The molecule has 0 atom stereocenters. The van der Waals surface area contributed by atoms with Crippen molar-refractivity contribution in [2.75, 3.05) is 7.05 Å². The number of aliphatic imine (C=N–C) groups is 2. The molecule has 0 unspecified atom stereocenters. The average molecular weight is 734 g/mol. The van der Waals surface area contributed by atoms with Gasteiger partial charge in [0.15, 0.2) is 0 Å². The number of nitrogens with zero attached hydrogens (tertiary/aromatic N) is 2. The van der Waals surface area contributed by atoms with Crippen LogP contribution in [0.3, 0.4) is 0 Å². The Morgan fingerprint density at radius 2 is 1.14 bits per heavy atom. The second-order valence-electron chi connectivity index (χ2n) is 14.6. The van der Waals surface area contributed by atoms with E-state index < -0.39 is 0 Å². The molecule has 2 aromatic heterocycles. The molecule has 11 aromatic rings. The van der Waals surface area contributed by atoms with Gasteiger partial charge in [0, 0.05) is 39.7 Å². The summed E-state index contributed by atoms with van der Waals surface area (Å²) in [7, 11) is 1.82. The van der Waals surface area contributed by atoms with Crippen molar-refractivity contribution in [1.29, 1.82) is 0 Å². The molecule has 0 fully saturated rings. The number of fused-ring (bicyclic) bond motifs is 10. The Balaban J connectivity index is 0.956. The molecule has 0 amide bonds. The highest BCUT2D eigenvalue weighted by atomic mass is 16.3. The van der Waals surface area contributed by atoms with Crippen LogP contribution in [0.4, 0.5) is 0 Å². The third kappa shape index (κ3) is 5.71. The predicted octanol–water partition coefficient (Wildman–Crippen LogP) is 13.2. The first-order chi connectivity index (χ1) is 28.2. The standard InChI is InChI=1S/C52H35N3O2/c1-53-51(39-21-23-42-38(26-39)19-18-32-10-7-8-16-41(32)42)55-52(33-11-3-2-4-12-33)54-31-40-15-9-17-47-50(40)45-28-36(22-25-46(45)56-47)37-20-24-43-44-27-34-13-5-6-14-35(34)29-49(44)57-48(43)30-37/h2-30H,31H2,1H3,(H,53,54,55). The maximum atomic E-state index is 6.43. The molecular weight excluding hydrogens is 699 g/mol. The van der Waals surface area contributed by atoms with Crippen molar-refractivity contribution in [3.05, 3.63) is 193 Å². The van der Waals surface area contributed by atoms with Gasteiger partial charge in [0.25, 0.3) is 0 Å². The molecule has 0 aliphatic rings. The van der Waals surface area contributed by atoms with Gasteiger partial charge in [-0.05, 0) is 97.5 Å². The maximum absolute atomic E-state index is 6.43. The monoisotopic (exact) mass is 733 g/mol. The summed E-state index contributed by atoms with van der Waals surface area (Å²) in [6, 6.07) is 61.6. The van der Waals surface area contributed by atoms with E-state index in [2.05, 4.69) is 151 Å². The first-order valence-corrected chi connectivity index (χ1v) is 19.2. The highest BCUT2D eigenvalue weighted by Gasteiger charge is 2.16. The van der Waals surface area contributed by atoms with Crippen LogP contribution in [0.15, 0.2) is 195 Å². The molecule has 2 heterocycles. The van der Waals surface area contributed by atoms with Gasteiger partial charge in [0.05, 0.1) is 6.54 Å². The lowest BCUT2D eigenvalue weighted by molar-refractivity contribution is 0.668. The molecule has 0 saturated heterocycles. The normalized spacial score (nSPS) is 12.6. The van der Waals surface area contributed by atoms with Gasteiger partial charge in [-0.25, -0.2) is 0 Å². The molecule has 270 valence electrons. The van der Waals surface area contributed by atoms with E-state index in [-0.39, 0.29) is 0 Å². The van der Waals surface area contributed by atoms with Crippen LogP contribution in [0.5, 0.6) is 0 Å². The summed E-state index contributed by atoms with van der Waals surface area (Å²) in [4.78, 5) is 9.96. The number of amidine groups is 2. The molecule has 5 heteroatoms. The van der Waals surface area contributed by atoms with Gasteiger partial charge in [0.1, 0.15) is 34.0 Å². The Labute approximate surface area is 328 Å². The minimum Gasteiger partial charge on any atom is -0.456 e. The van der Waals surface area contributed by atoms with Crippen molar-refractivity contribution in [2.45, 2.75) is 6.54 Å². The second-order valence-corrected chi connectivity index (χ2v) is 14.6. The first-order valence-electron chi connectivity index (χ1n) is 19.2. The van der Waals surface area contributed by atoms with Crippen LogP contribution < -0.4 is 5.32 Å². The molecule has 5 nitrogen and oxygen atoms in total. The van der Waals surface area contributed by atoms with Crippen LogP contribution in [0.1, 0.15) is 16.7 Å². The Bertz CT molecular complexity index is 3430. The van der Waals surface area contributed by atoms with Crippen LogP contribution >= 0.6 is 0 Å². The summed E-state index contributed by atoms with van der Waals surface area (Å²) >= 11 is 0. The molecule has 0 aliphatic carbocycles. The molecule has 0 bridgehead atoms. The topological polar surface area (TPSA) is 63.0 Å². The van der Waals surface area contributed by atoms with Crippen LogP contribution in [0.25, 0.3) is 87.3 Å². The van der Waals surface area contributed by atoms with Crippen molar-refractivity contribution < 1.29 is 8.83 Å². The van der Waals surface area contributed by atoms with Crippen molar-refractivity contribution in [3.63, 3.8) is 0 Å². The van der Waals surface area contributed by atoms with E-state index >= 15 is 0 Å². The van der Waals surface area contributed by atoms with Gasteiger partial charge in [-0.2, -0.15) is 0 Å². The summed E-state index contributed by atoms with van der Waals surface area (Å²) in [6.45, 7) is 0.438. The quantitative estimate of drug-likeness (QED) is 0.109. The lowest BCUT2D eigenvalue weighted by Gasteiger charge is -2.14. The maximum Gasteiger partial charge on any atom is 0.136 e. The zero-order valence-corrected chi connectivity index (χ0v) is 31.2. The largest absolute Gasteiger partial charge is 0.456 e. The van der Waals surface area contributed by atoms with E-state index in [4.69, 9.17) is 18.8 Å². The van der Waals surface area contributed by atoms with Crippen LogP contribution in [-0.2, 0) is 6.54 Å². The van der Waals surface area contributed by atoms with Crippen LogP contribution in [0, 0.1) is 0 Å². The molecule has 9 aromatic carbocycles. The lowest BCUT2D eigenvalue weighted by atomic mass is 9.99. The Morgan fingerprint density at radius 3 is 2.02 bits per heavy atom. The van der Waals surface area contributed by atoms with E-state index in [0.717, 1.165) is 88.8 Å². The Morgan fingerprint density at radius 1 is 0.439 bits per heavy atom. The molecule has 0 saturated carbocycles. The van der Waals surface area contributed by atoms with Crippen LogP contribution in [0.2, 0.25) is 0 Å². The van der Waals surface area contributed by atoms with Gasteiger partial charge in [-0.1, -0.05) is 127 Å². The number of hydrogen-bond donors (Lipinski definition) is 1. The van der Waals surface area contributed by atoms with Gasteiger partial charge >= 0.3 is 0 Å². The summed E-state index contributed by atoms with van der Waals surface area (Å²) in [5.74, 6) is 1.49. The molecule has 0 spiro atoms. The van der Waals surface area contributed by atoms with Crippen molar-refractivity contribution in [3.8, 4) is 11.1 Å². The fourth-order valence-electron chi connectivity index (χ4n) is 8.35. The third-order valence-corrected chi connectivity index (χ3v) is 11.2. The highest BCUT2D eigenvalue weighted by Crippen LogP contribution is 2.38. The second kappa shape index (κ2) is 13.4. The molecule has 11 rings (SSSR count). The van der Waals surface area contributed by atoms with E-state index in [1.54, 1.807) is 0 Å². The highest BCUT2D eigenvalue weighted by molar-refractivity contribution is 6.17. The number of rotatable bonds is 5. The third-order valence-electron chi connectivity index (χ3n) is 11.2. The smallest absolute Gasteiger partial charge is 0.136 e.